The van der Waals surface area contributed by atoms with E-state index in [-0.39, 0.29) is 0 Å². The molecule has 0 fully saturated rings. The van der Waals surface area contributed by atoms with Crippen molar-refractivity contribution in [3.05, 3.63) is 35.9 Å². The SMILES string of the molecule is COCCOCCOCCOCCOCCOCCOCCOCCOCc1ccccc1. The predicted octanol–water partition coefficient (Wildman–Crippen LogP) is 1.97. The number of hydrogen-bond acceptors (Lipinski definition) is 9. The summed E-state index contributed by atoms with van der Waals surface area (Å²) >= 11 is 0. The monoisotopic (exact) mass is 474 g/mol. The molecule has 0 saturated heterocycles. The number of ether oxygens (including phenoxy) is 9. The van der Waals surface area contributed by atoms with Crippen molar-refractivity contribution >= 4 is 0 Å². The van der Waals surface area contributed by atoms with Crippen LogP contribution in [0.15, 0.2) is 30.3 Å². The Balaban J connectivity index is 1.64. The Hall–Kier alpha value is -1.14. The molecule has 9 nitrogen and oxygen atoms in total. The first-order valence-electron chi connectivity index (χ1n) is 11.6. The Morgan fingerprint density at radius 1 is 0.394 bits per heavy atom. The van der Waals surface area contributed by atoms with Crippen LogP contribution in [0.3, 0.4) is 0 Å². The van der Waals surface area contributed by atoms with Crippen LogP contribution in [-0.4, -0.2) is 113 Å². The molecule has 0 aromatic heterocycles. The summed E-state index contributed by atoms with van der Waals surface area (Å²) in [6.45, 7) is 9.43. The molecule has 0 spiro atoms. The zero-order valence-electron chi connectivity index (χ0n) is 20.1. The van der Waals surface area contributed by atoms with Crippen molar-refractivity contribution in [1.82, 2.24) is 0 Å². The lowest BCUT2D eigenvalue weighted by Crippen LogP contribution is -2.15. The molecule has 0 aliphatic carbocycles. The molecule has 0 heterocycles. The number of benzene rings is 1. The second-order valence-corrected chi connectivity index (χ2v) is 6.82. The standard InChI is InChI=1S/C24H42O9/c1-25-7-8-26-9-10-27-11-12-28-13-14-29-15-16-30-17-18-31-19-20-32-21-22-33-23-24-5-3-2-4-6-24/h2-6H,7-23H2,1H3. The fourth-order valence-electron chi connectivity index (χ4n) is 2.45. The zero-order valence-corrected chi connectivity index (χ0v) is 20.1. The van der Waals surface area contributed by atoms with Gasteiger partial charge in [-0.2, -0.15) is 0 Å². The molecule has 0 atom stereocenters. The predicted molar refractivity (Wildman–Crippen MR) is 124 cm³/mol. The smallest absolute Gasteiger partial charge is 0.0718 e. The van der Waals surface area contributed by atoms with Crippen molar-refractivity contribution in [3.63, 3.8) is 0 Å². The van der Waals surface area contributed by atoms with Gasteiger partial charge in [0.25, 0.3) is 0 Å². The van der Waals surface area contributed by atoms with Crippen LogP contribution in [0.5, 0.6) is 0 Å². The molecular weight excluding hydrogens is 432 g/mol. The Labute approximate surface area is 198 Å². The topological polar surface area (TPSA) is 83.1 Å². The van der Waals surface area contributed by atoms with Gasteiger partial charge in [-0.15, -0.1) is 0 Å². The first-order valence-corrected chi connectivity index (χ1v) is 11.6. The maximum Gasteiger partial charge on any atom is 0.0718 e. The number of methoxy groups -OCH3 is 1. The molecule has 0 aliphatic rings. The molecule has 0 bridgehead atoms. The minimum absolute atomic E-state index is 0.533. The summed E-state index contributed by atoms with van der Waals surface area (Å²) in [6.07, 6.45) is 0. The molecule has 1 rings (SSSR count). The summed E-state index contributed by atoms with van der Waals surface area (Å²) in [6, 6.07) is 10.1. The third kappa shape index (κ3) is 22.4. The Bertz CT molecular complexity index is 490. The van der Waals surface area contributed by atoms with E-state index in [9.17, 15) is 0 Å². The van der Waals surface area contributed by atoms with E-state index >= 15 is 0 Å². The molecule has 0 unspecified atom stereocenters. The van der Waals surface area contributed by atoms with E-state index in [0.29, 0.717) is 112 Å². The van der Waals surface area contributed by atoms with E-state index in [1.807, 2.05) is 30.3 Å². The summed E-state index contributed by atoms with van der Waals surface area (Å²) < 4.78 is 48.3. The average Bonchev–Trinajstić information content (AvgIpc) is 2.84. The number of rotatable bonds is 26. The van der Waals surface area contributed by atoms with Crippen molar-refractivity contribution in [2.45, 2.75) is 6.61 Å². The van der Waals surface area contributed by atoms with Gasteiger partial charge in [-0.3, -0.25) is 0 Å². The largest absolute Gasteiger partial charge is 0.382 e. The van der Waals surface area contributed by atoms with Crippen LogP contribution in [0.25, 0.3) is 0 Å². The molecule has 0 radical (unpaired) electrons. The summed E-state index contributed by atoms with van der Waals surface area (Å²) in [5.74, 6) is 0. The van der Waals surface area contributed by atoms with Gasteiger partial charge in [-0.05, 0) is 5.56 Å². The van der Waals surface area contributed by atoms with Gasteiger partial charge in [0, 0.05) is 7.11 Å². The minimum atomic E-state index is 0.533. The molecule has 1 aromatic rings. The highest BCUT2D eigenvalue weighted by atomic mass is 16.6. The van der Waals surface area contributed by atoms with Gasteiger partial charge >= 0.3 is 0 Å². The van der Waals surface area contributed by atoms with E-state index in [2.05, 4.69) is 0 Å². The summed E-state index contributed by atoms with van der Waals surface area (Å²) in [4.78, 5) is 0. The van der Waals surface area contributed by atoms with Crippen LogP contribution in [-0.2, 0) is 49.2 Å². The lowest BCUT2D eigenvalue weighted by molar-refractivity contribution is -0.0246. The van der Waals surface area contributed by atoms with Gasteiger partial charge in [-0.1, -0.05) is 30.3 Å². The molecule has 0 amide bonds. The van der Waals surface area contributed by atoms with Crippen LogP contribution >= 0.6 is 0 Å². The quantitative estimate of drug-likeness (QED) is 0.187. The summed E-state index contributed by atoms with van der Waals surface area (Å²) in [7, 11) is 1.65. The lowest BCUT2D eigenvalue weighted by Gasteiger charge is -2.08. The van der Waals surface area contributed by atoms with Gasteiger partial charge in [-0.25, -0.2) is 0 Å². The number of hydrogen-bond donors (Lipinski definition) is 0. The average molecular weight is 475 g/mol. The van der Waals surface area contributed by atoms with Gasteiger partial charge < -0.3 is 42.6 Å². The third-order valence-corrected chi connectivity index (χ3v) is 4.15. The molecule has 9 heteroatoms. The molecule has 0 saturated carbocycles. The first kappa shape index (κ1) is 29.9. The van der Waals surface area contributed by atoms with Crippen molar-refractivity contribution in [1.29, 1.82) is 0 Å². The van der Waals surface area contributed by atoms with Crippen LogP contribution in [0.1, 0.15) is 5.56 Å². The molecule has 0 N–H and O–H groups in total. The Kier molecular flexibility index (Phi) is 23.1. The normalized spacial score (nSPS) is 11.3. The minimum Gasteiger partial charge on any atom is -0.382 e. The Morgan fingerprint density at radius 3 is 1.03 bits per heavy atom. The summed E-state index contributed by atoms with van der Waals surface area (Å²) in [5.41, 5.74) is 1.16. The molecule has 0 aliphatic heterocycles. The fraction of sp³-hybridized carbons (Fsp3) is 0.750. The highest BCUT2D eigenvalue weighted by Gasteiger charge is 1.95. The third-order valence-electron chi connectivity index (χ3n) is 4.15. The van der Waals surface area contributed by atoms with E-state index in [1.54, 1.807) is 7.11 Å². The second-order valence-electron chi connectivity index (χ2n) is 6.82. The molecule has 192 valence electrons. The molecule has 1 aromatic carbocycles. The maximum atomic E-state index is 5.55. The maximum absolute atomic E-state index is 5.55. The lowest BCUT2D eigenvalue weighted by atomic mass is 10.2. The van der Waals surface area contributed by atoms with Gasteiger partial charge in [0.15, 0.2) is 0 Å². The molecular formula is C24H42O9. The van der Waals surface area contributed by atoms with Gasteiger partial charge in [0.2, 0.25) is 0 Å². The summed E-state index contributed by atoms with van der Waals surface area (Å²) in [5, 5.41) is 0. The fourth-order valence-corrected chi connectivity index (χ4v) is 2.45. The second kappa shape index (κ2) is 25.5. The van der Waals surface area contributed by atoms with Crippen molar-refractivity contribution < 1.29 is 42.6 Å². The van der Waals surface area contributed by atoms with E-state index < -0.39 is 0 Å². The van der Waals surface area contributed by atoms with Crippen molar-refractivity contribution in [2.24, 2.45) is 0 Å². The van der Waals surface area contributed by atoms with Gasteiger partial charge in [0.1, 0.15) is 0 Å². The zero-order chi connectivity index (χ0) is 23.5. The molecule has 33 heavy (non-hydrogen) atoms. The highest BCUT2D eigenvalue weighted by molar-refractivity contribution is 5.13. The van der Waals surface area contributed by atoms with Crippen molar-refractivity contribution in [3.8, 4) is 0 Å². The van der Waals surface area contributed by atoms with Crippen molar-refractivity contribution in [2.75, 3.05) is 113 Å². The first-order chi connectivity index (χ1) is 16.4. The van der Waals surface area contributed by atoms with E-state index in [1.165, 1.54) is 0 Å². The van der Waals surface area contributed by atoms with Crippen LogP contribution in [0.2, 0.25) is 0 Å². The van der Waals surface area contributed by atoms with Crippen LogP contribution < -0.4 is 0 Å². The van der Waals surface area contributed by atoms with Crippen LogP contribution in [0, 0.1) is 0 Å². The van der Waals surface area contributed by atoms with Crippen LogP contribution in [0.4, 0.5) is 0 Å². The van der Waals surface area contributed by atoms with E-state index in [0.717, 1.165) is 5.56 Å². The van der Waals surface area contributed by atoms with Gasteiger partial charge in [0.05, 0.1) is 112 Å². The highest BCUT2D eigenvalue weighted by Crippen LogP contribution is 1.99. The van der Waals surface area contributed by atoms with E-state index in [4.69, 9.17) is 42.6 Å². The Morgan fingerprint density at radius 2 is 0.697 bits per heavy atom.